The Bertz CT molecular complexity index is 1390. The van der Waals surface area contributed by atoms with Crippen LogP contribution in [-0.4, -0.2) is 77.3 Å². The lowest BCUT2D eigenvalue weighted by molar-refractivity contribution is 0.142. The van der Waals surface area contributed by atoms with Gasteiger partial charge in [0.1, 0.15) is 11.5 Å². The molecule has 4 aromatic heterocycles. The minimum atomic E-state index is -0.902. The molecule has 1 amide bonds. The lowest BCUT2D eigenvalue weighted by Gasteiger charge is -2.39. The smallest absolute Gasteiger partial charge is 0.407 e. The second-order valence-corrected chi connectivity index (χ2v) is 9.14. The molecule has 4 aromatic rings. The van der Waals surface area contributed by atoms with E-state index in [0.717, 1.165) is 36.1 Å². The molecule has 2 fully saturated rings. The minimum Gasteiger partial charge on any atom is -0.465 e. The molecule has 1 aliphatic heterocycles. The van der Waals surface area contributed by atoms with Crippen molar-refractivity contribution in [2.45, 2.75) is 24.7 Å². The summed E-state index contributed by atoms with van der Waals surface area (Å²) >= 11 is 0. The quantitative estimate of drug-likeness (QED) is 0.410. The molecular formula is C24H24N10O3. The highest BCUT2D eigenvalue weighted by Gasteiger charge is 2.45. The van der Waals surface area contributed by atoms with Crippen molar-refractivity contribution in [3.8, 4) is 22.8 Å². The van der Waals surface area contributed by atoms with Crippen molar-refractivity contribution < 1.29 is 14.4 Å². The number of hydrogen-bond donors (Lipinski definition) is 2. The topological polar surface area (TPSA) is 173 Å². The fourth-order valence-corrected chi connectivity index (χ4v) is 4.73. The third-order valence-electron chi connectivity index (χ3n) is 7.08. The first-order valence-electron chi connectivity index (χ1n) is 12.0. The van der Waals surface area contributed by atoms with Crippen LogP contribution >= 0.6 is 0 Å². The van der Waals surface area contributed by atoms with Crippen molar-refractivity contribution in [2.75, 3.05) is 36.8 Å². The van der Waals surface area contributed by atoms with E-state index in [-0.39, 0.29) is 11.4 Å². The number of amides is 1. The highest BCUT2D eigenvalue weighted by Crippen LogP contribution is 2.48. The average Bonchev–Trinajstić information content (AvgIpc) is 3.39. The van der Waals surface area contributed by atoms with Crippen LogP contribution in [-0.2, 0) is 5.41 Å². The summed E-state index contributed by atoms with van der Waals surface area (Å²) in [6.07, 6.45) is 10.3. The number of pyridine rings is 1. The molecule has 0 aromatic carbocycles. The van der Waals surface area contributed by atoms with Gasteiger partial charge < -0.3 is 25.2 Å². The molecule has 1 saturated carbocycles. The van der Waals surface area contributed by atoms with Gasteiger partial charge in [0.05, 0.1) is 23.5 Å². The summed E-state index contributed by atoms with van der Waals surface area (Å²) in [6, 6.07) is 3.97. The van der Waals surface area contributed by atoms with Gasteiger partial charge in [-0.25, -0.2) is 24.7 Å². The molecule has 0 unspecified atom stereocenters. The number of hydrogen-bond acceptors (Lipinski definition) is 11. The van der Waals surface area contributed by atoms with Crippen LogP contribution in [0.25, 0.3) is 22.8 Å². The van der Waals surface area contributed by atoms with Crippen LogP contribution in [0.4, 0.5) is 16.6 Å². The number of carboxylic acid groups (broad SMARTS) is 1. The number of piperazine rings is 1. The van der Waals surface area contributed by atoms with Crippen molar-refractivity contribution in [1.82, 2.24) is 40.0 Å². The van der Waals surface area contributed by atoms with Gasteiger partial charge in [0.25, 0.3) is 5.89 Å². The van der Waals surface area contributed by atoms with Crippen LogP contribution in [0.2, 0.25) is 0 Å². The molecule has 188 valence electrons. The number of aromatic nitrogens is 7. The van der Waals surface area contributed by atoms with Crippen LogP contribution in [0, 0.1) is 0 Å². The first-order chi connectivity index (χ1) is 18.0. The van der Waals surface area contributed by atoms with Gasteiger partial charge in [0, 0.05) is 50.3 Å². The maximum Gasteiger partial charge on any atom is 0.407 e. The van der Waals surface area contributed by atoms with E-state index in [1.807, 2.05) is 23.2 Å². The second kappa shape index (κ2) is 9.08. The van der Waals surface area contributed by atoms with E-state index in [4.69, 9.17) is 15.4 Å². The molecule has 0 atom stereocenters. The standard InChI is InChI=1S/C24H24N10O3/c25-22-29-10-15(11-30-22)17-3-2-16(12-26-17)24(4-1-5-24)21-31-20(37-32-21)18-13-28-19(14-27-18)33-6-8-34(9-7-33)23(35)36/h2-3,10-14H,1,4-9H2,(H,35,36)(H2,25,29,30). The number of carbonyl (C=O) groups is 1. The van der Waals surface area contributed by atoms with Crippen LogP contribution < -0.4 is 10.6 Å². The molecule has 3 N–H and O–H groups in total. The zero-order valence-electron chi connectivity index (χ0n) is 19.9. The molecule has 5 heterocycles. The molecule has 0 radical (unpaired) electrons. The summed E-state index contributed by atoms with van der Waals surface area (Å²) in [7, 11) is 0. The maximum atomic E-state index is 11.1. The highest BCUT2D eigenvalue weighted by atomic mass is 16.5. The van der Waals surface area contributed by atoms with Crippen LogP contribution in [0.3, 0.4) is 0 Å². The van der Waals surface area contributed by atoms with E-state index in [0.29, 0.717) is 49.4 Å². The Morgan fingerprint density at radius 1 is 0.919 bits per heavy atom. The third-order valence-corrected chi connectivity index (χ3v) is 7.08. The Hall–Kier alpha value is -4.68. The molecule has 13 heteroatoms. The van der Waals surface area contributed by atoms with Crippen molar-refractivity contribution in [1.29, 1.82) is 0 Å². The Morgan fingerprint density at radius 2 is 1.68 bits per heavy atom. The Morgan fingerprint density at radius 3 is 2.27 bits per heavy atom. The van der Waals surface area contributed by atoms with E-state index in [2.05, 4.69) is 35.1 Å². The Balaban J connectivity index is 1.19. The fraction of sp³-hybridized carbons (Fsp3) is 0.333. The van der Waals surface area contributed by atoms with Gasteiger partial charge in [-0.3, -0.25) is 4.98 Å². The zero-order chi connectivity index (χ0) is 25.4. The van der Waals surface area contributed by atoms with E-state index < -0.39 is 6.09 Å². The summed E-state index contributed by atoms with van der Waals surface area (Å²) in [6.45, 7) is 1.98. The first kappa shape index (κ1) is 22.8. The first-order valence-corrected chi connectivity index (χ1v) is 12.0. The van der Waals surface area contributed by atoms with Gasteiger partial charge in [-0.15, -0.1) is 0 Å². The normalized spacial score (nSPS) is 16.9. The SMILES string of the molecule is Nc1ncc(-c2ccc(C3(c4noc(-c5cnc(N6CCN(C(=O)O)CC6)cn5)n4)CCC3)cn2)cn1. The number of rotatable bonds is 5. The molecule has 6 rings (SSSR count). The van der Waals surface area contributed by atoms with Crippen LogP contribution in [0.1, 0.15) is 30.7 Å². The maximum absolute atomic E-state index is 11.1. The molecule has 2 aliphatic rings. The van der Waals surface area contributed by atoms with Crippen molar-refractivity contribution in [3.05, 3.63) is 54.5 Å². The Kier molecular flexibility index (Phi) is 5.58. The lowest BCUT2D eigenvalue weighted by atomic mass is 9.64. The minimum absolute atomic E-state index is 0.222. The summed E-state index contributed by atoms with van der Waals surface area (Å²) in [5.74, 6) is 1.82. The summed E-state index contributed by atoms with van der Waals surface area (Å²) in [5.41, 5.74) is 8.27. The largest absolute Gasteiger partial charge is 0.465 e. The molecule has 0 bridgehead atoms. The van der Waals surface area contributed by atoms with Gasteiger partial charge in [-0.1, -0.05) is 17.6 Å². The summed E-state index contributed by atoms with van der Waals surface area (Å²) in [5, 5.41) is 13.4. The lowest BCUT2D eigenvalue weighted by Crippen LogP contribution is -2.48. The summed E-state index contributed by atoms with van der Waals surface area (Å²) < 4.78 is 5.59. The van der Waals surface area contributed by atoms with E-state index in [1.54, 1.807) is 24.8 Å². The molecule has 1 aliphatic carbocycles. The molecule has 1 saturated heterocycles. The number of nitrogen functional groups attached to an aromatic ring is 1. The van der Waals surface area contributed by atoms with E-state index >= 15 is 0 Å². The number of anilines is 2. The number of nitrogens with zero attached hydrogens (tertiary/aromatic N) is 9. The van der Waals surface area contributed by atoms with Gasteiger partial charge in [0.2, 0.25) is 5.95 Å². The third kappa shape index (κ3) is 4.17. The number of nitrogens with two attached hydrogens (primary N) is 1. The van der Waals surface area contributed by atoms with Crippen LogP contribution in [0.15, 0.2) is 47.6 Å². The predicted molar refractivity (Wildman–Crippen MR) is 131 cm³/mol. The van der Waals surface area contributed by atoms with E-state index in [1.165, 1.54) is 4.90 Å². The van der Waals surface area contributed by atoms with Crippen LogP contribution in [0.5, 0.6) is 0 Å². The zero-order valence-corrected chi connectivity index (χ0v) is 19.9. The van der Waals surface area contributed by atoms with Gasteiger partial charge in [-0.2, -0.15) is 4.98 Å². The van der Waals surface area contributed by atoms with E-state index in [9.17, 15) is 4.79 Å². The summed E-state index contributed by atoms with van der Waals surface area (Å²) in [4.78, 5) is 40.9. The predicted octanol–water partition coefficient (Wildman–Crippen LogP) is 2.23. The van der Waals surface area contributed by atoms with Crippen molar-refractivity contribution in [3.63, 3.8) is 0 Å². The highest BCUT2D eigenvalue weighted by molar-refractivity contribution is 5.65. The fourth-order valence-electron chi connectivity index (χ4n) is 4.73. The molecule has 13 nitrogen and oxygen atoms in total. The average molecular weight is 501 g/mol. The molecule has 37 heavy (non-hydrogen) atoms. The van der Waals surface area contributed by atoms with Gasteiger partial charge in [-0.05, 0) is 24.5 Å². The molecular weight excluding hydrogens is 476 g/mol. The molecule has 0 spiro atoms. The van der Waals surface area contributed by atoms with Gasteiger partial charge in [0.15, 0.2) is 5.82 Å². The van der Waals surface area contributed by atoms with Crippen molar-refractivity contribution in [2.24, 2.45) is 0 Å². The van der Waals surface area contributed by atoms with Crippen molar-refractivity contribution >= 4 is 17.9 Å². The second-order valence-electron chi connectivity index (χ2n) is 9.14. The van der Waals surface area contributed by atoms with Gasteiger partial charge >= 0.3 is 6.09 Å². The Labute approximate surface area is 211 Å². The monoisotopic (exact) mass is 500 g/mol.